The number of ketones is 1. The van der Waals surface area contributed by atoms with E-state index in [0.29, 0.717) is 22.6 Å². The van der Waals surface area contributed by atoms with Gasteiger partial charge in [-0.3, -0.25) is 9.36 Å². The van der Waals surface area contributed by atoms with Crippen LogP contribution < -0.4 is 0 Å². The molecule has 0 radical (unpaired) electrons. The summed E-state index contributed by atoms with van der Waals surface area (Å²) in [6, 6.07) is 16.3. The summed E-state index contributed by atoms with van der Waals surface area (Å²) >= 11 is 0. The van der Waals surface area contributed by atoms with E-state index in [1.165, 1.54) is 6.33 Å². The molecule has 0 saturated carbocycles. The number of carbonyl (C=O) groups is 1. The molecule has 1 N–H and O–H groups in total. The van der Waals surface area contributed by atoms with Crippen LogP contribution >= 0.6 is 0 Å². The van der Waals surface area contributed by atoms with Crippen LogP contribution in [0.5, 0.6) is 0 Å². The number of aliphatic hydroxyl groups excluding tert-OH is 1. The third-order valence-corrected chi connectivity index (χ3v) is 3.20. The maximum Gasteiger partial charge on any atom is 0.195 e. The molecule has 0 atom stereocenters. The molecule has 21 heavy (non-hydrogen) atoms. The van der Waals surface area contributed by atoms with Crippen molar-refractivity contribution in [1.29, 1.82) is 0 Å². The summed E-state index contributed by atoms with van der Waals surface area (Å²) in [5.41, 5.74) is 1.81. The third-order valence-electron chi connectivity index (χ3n) is 3.20. The fraction of sp³-hybridized carbons (Fsp3) is 0.0625. The first-order valence-electron chi connectivity index (χ1n) is 6.50. The number of carbonyl (C=O) groups excluding carboxylic acids is 1. The minimum absolute atomic E-state index is 0.0798. The summed E-state index contributed by atoms with van der Waals surface area (Å²) in [6.45, 7) is -0.242. The lowest BCUT2D eigenvalue weighted by molar-refractivity contribution is 0.103. The van der Waals surface area contributed by atoms with E-state index in [2.05, 4.69) is 10.2 Å². The van der Waals surface area contributed by atoms with Crippen LogP contribution in [-0.4, -0.2) is 25.7 Å². The molecule has 1 heterocycles. The van der Waals surface area contributed by atoms with Gasteiger partial charge in [0.2, 0.25) is 0 Å². The van der Waals surface area contributed by atoms with Crippen molar-refractivity contribution in [3.8, 4) is 5.69 Å². The van der Waals surface area contributed by atoms with Crippen molar-refractivity contribution < 1.29 is 9.90 Å². The zero-order valence-electron chi connectivity index (χ0n) is 11.2. The molecule has 5 nitrogen and oxygen atoms in total. The van der Waals surface area contributed by atoms with Gasteiger partial charge in [-0.15, -0.1) is 10.2 Å². The van der Waals surface area contributed by atoms with Crippen LogP contribution in [0.1, 0.15) is 21.7 Å². The van der Waals surface area contributed by atoms with Crippen molar-refractivity contribution in [2.75, 3.05) is 0 Å². The van der Waals surface area contributed by atoms with Gasteiger partial charge in [0, 0.05) is 11.1 Å². The highest BCUT2D eigenvalue weighted by atomic mass is 16.3. The standard InChI is InChI=1S/C16H13N3O2/c20-10-15-18-17-11-19(15)14-9-5-4-8-13(14)16(21)12-6-2-1-3-7-12/h1-9,11,20H,10H2. The summed E-state index contributed by atoms with van der Waals surface area (Å²) < 4.78 is 1.62. The number of hydrogen-bond donors (Lipinski definition) is 1. The van der Waals surface area contributed by atoms with Gasteiger partial charge in [-0.1, -0.05) is 42.5 Å². The van der Waals surface area contributed by atoms with Crippen LogP contribution in [0.4, 0.5) is 0 Å². The molecule has 0 aliphatic carbocycles. The topological polar surface area (TPSA) is 68.0 Å². The van der Waals surface area contributed by atoms with Crippen molar-refractivity contribution in [2.45, 2.75) is 6.61 Å². The fourth-order valence-electron chi connectivity index (χ4n) is 2.19. The Bertz CT molecular complexity index is 766. The van der Waals surface area contributed by atoms with Crippen molar-refractivity contribution in [3.63, 3.8) is 0 Å². The van der Waals surface area contributed by atoms with Crippen LogP contribution in [0.25, 0.3) is 5.69 Å². The molecule has 1 aromatic heterocycles. The average Bonchev–Trinajstić information content (AvgIpc) is 3.03. The quantitative estimate of drug-likeness (QED) is 0.742. The first-order valence-corrected chi connectivity index (χ1v) is 6.50. The highest BCUT2D eigenvalue weighted by Crippen LogP contribution is 2.19. The molecule has 0 unspecified atom stereocenters. The Morgan fingerprint density at radius 1 is 1.05 bits per heavy atom. The van der Waals surface area contributed by atoms with E-state index in [1.54, 1.807) is 28.8 Å². The zero-order valence-corrected chi connectivity index (χ0v) is 11.2. The van der Waals surface area contributed by atoms with E-state index < -0.39 is 0 Å². The summed E-state index contributed by atoms with van der Waals surface area (Å²) in [6.07, 6.45) is 1.49. The number of para-hydroxylation sites is 1. The highest BCUT2D eigenvalue weighted by Gasteiger charge is 2.16. The second-order valence-corrected chi connectivity index (χ2v) is 4.49. The molecule has 3 aromatic rings. The second kappa shape index (κ2) is 5.68. The first kappa shape index (κ1) is 13.2. The molecule has 0 amide bonds. The van der Waals surface area contributed by atoms with Gasteiger partial charge >= 0.3 is 0 Å². The van der Waals surface area contributed by atoms with Crippen molar-refractivity contribution in [1.82, 2.24) is 14.8 Å². The molecule has 2 aromatic carbocycles. The number of aliphatic hydroxyl groups is 1. The van der Waals surface area contributed by atoms with Crippen LogP contribution in [-0.2, 0) is 6.61 Å². The smallest absolute Gasteiger partial charge is 0.195 e. The van der Waals surface area contributed by atoms with E-state index in [1.807, 2.05) is 30.3 Å². The maximum absolute atomic E-state index is 12.6. The summed E-state index contributed by atoms with van der Waals surface area (Å²) in [4.78, 5) is 12.6. The highest BCUT2D eigenvalue weighted by molar-refractivity contribution is 6.11. The largest absolute Gasteiger partial charge is 0.388 e. The Morgan fingerprint density at radius 3 is 2.52 bits per heavy atom. The first-order chi connectivity index (χ1) is 10.3. The van der Waals surface area contributed by atoms with Crippen molar-refractivity contribution in [3.05, 3.63) is 77.9 Å². The molecule has 3 rings (SSSR count). The molecule has 0 bridgehead atoms. The Labute approximate surface area is 121 Å². The lowest BCUT2D eigenvalue weighted by Gasteiger charge is -2.10. The predicted molar refractivity (Wildman–Crippen MR) is 77.2 cm³/mol. The van der Waals surface area contributed by atoms with Crippen LogP contribution in [0, 0.1) is 0 Å². The zero-order chi connectivity index (χ0) is 14.7. The molecule has 0 aliphatic heterocycles. The fourth-order valence-corrected chi connectivity index (χ4v) is 2.19. The van der Waals surface area contributed by atoms with Gasteiger partial charge in [0.15, 0.2) is 11.6 Å². The maximum atomic E-state index is 12.6. The second-order valence-electron chi connectivity index (χ2n) is 4.49. The van der Waals surface area contributed by atoms with Gasteiger partial charge in [-0.25, -0.2) is 0 Å². The lowest BCUT2D eigenvalue weighted by Crippen LogP contribution is -2.09. The number of hydrogen-bond acceptors (Lipinski definition) is 4. The van der Waals surface area contributed by atoms with Gasteiger partial charge in [0.05, 0.1) is 5.69 Å². The van der Waals surface area contributed by atoms with E-state index >= 15 is 0 Å². The van der Waals surface area contributed by atoms with E-state index in [0.717, 1.165) is 0 Å². The van der Waals surface area contributed by atoms with Crippen molar-refractivity contribution in [2.24, 2.45) is 0 Å². The van der Waals surface area contributed by atoms with Gasteiger partial charge in [0.25, 0.3) is 0 Å². The van der Waals surface area contributed by atoms with Crippen LogP contribution in [0.2, 0.25) is 0 Å². The van der Waals surface area contributed by atoms with Gasteiger partial charge in [-0.05, 0) is 12.1 Å². The van der Waals surface area contributed by atoms with Crippen LogP contribution in [0.15, 0.2) is 60.9 Å². The number of nitrogens with zero attached hydrogens (tertiary/aromatic N) is 3. The molecule has 5 heteroatoms. The average molecular weight is 279 g/mol. The number of rotatable bonds is 4. The SMILES string of the molecule is O=C(c1ccccc1)c1ccccc1-n1cnnc1CO. The molecule has 104 valence electrons. The van der Waals surface area contributed by atoms with Gasteiger partial charge in [0.1, 0.15) is 12.9 Å². The summed E-state index contributed by atoms with van der Waals surface area (Å²) in [7, 11) is 0. The molecule has 0 aliphatic rings. The minimum Gasteiger partial charge on any atom is -0.388 e. The third kappa shape index (κ3) is 2.46. The molecular weight excluding hydrogens is 266 g/mol. The Balaban J connectivity index is 2.11. The summed E-state index contributed by atoms with van der Waals surface area (Å²) in [5, 5.41) is 16.9. The van der Waals surface area contributed by atoms with Gasteiger partial charge < -0.3 is 5.11 Å². The van der Waals surface area contributed by atoms with Gasteiger partial charge in [-0.2, -0.15) is 0 Å². The molecule has 0 fully saturated rings. The van der Waals surface area contributed by atoms with E-state index in [4.69, 9.17) is 0 Å². The number of benzene rings is 2. The summed E-state index contributed by atoms with van der Waals surface area (Å²) in [5.74, 6) is 0.312. The monoisotopic (exact) mass is 279 g/mol. The Morgan fingerprint density at radius 2 is 1.76 bits per heavy atom. The van der Waals surface area contributed by atoms with E-state index in [9.17, 15) is 9.90 Å². The lowest BCUT2D eigenvalue weighted by atomic mass is 10.0. The molecule has 0 spiro atoms. The van der Waals surface area contributed by atoms with Crippen molar-refractivity contribution >= 4 is 5.78 Å². The Kier molecular flexibility index (Phi) is 3.57. The minimum atomic E-state index is -0.242. The predicted octanol–water partition coefficient (Wildman–Crippen LogP) is 1.99. The molecular formula is C16H13N3O2. The normalized spacial score (nSPS) is 10.5. The molecule has 0 saturated heterocycles. The van der Waals surface area contributed by atoms with E-state index in [-0.39, 0.29) is 12.4 Å². The van der Waals surface area contributed by atoms with Crippen LogP contribution in [0.3, 0.4) is 0 Å². The Hall–Kier alpha value is -2.79. The number of aromatic nitrogens is 3.